The van der Waals surface area contributed by atoms with Crippen molar-refractivity contribution in [3.05, 3.63) is 79.4 Å². The van der Waals surface area contributed by atoms with Crippen LogP contribution in [0.1, 0.15) is 0 Å². The van der Waals surface area contributed by atoms with Gasteiger partial charge in [-0.1, -0.05) is 18.2 Å². The molecule has 0 saturated heterocycles. The van der Waals surface area contributed by atoms with Crippen LogP contribution in [0, 0.1) is 0 Å². The van der Waals surface area contributed by atoms with Crippen molar-refractivity contribution >= 4 is 13.7 Å². The first-order valence-electron chi connectivity index (χ1n) is 6.43. The van der Waals surface area contributed by atoms with E-state index in [1.54, 1.807) is 24.8 Å². The van der Waals surface area contributed by atoms with E-state index in [0.29, 0.717) is 0 Å². The van der Waals surface area contributed by atoms with Crippen LogP contribution in [0.5, 0.6) is 11.5 Å². The van der Waals surface area contributed by atoms with Crippen molar-refractivity contribution in [3.63, 3.8) is 0 Å². The summed E-state index contributed by atoms with van der Waals surface area (Å²) in [6, 6.07) is 17.1. The average Bonchev–Trinajstić information content (AvgIpc) is 2.57. The third kappa shape index (κ3) is 3.77. The fraction of sp³-hybridized carbons (Fsp3) is 0. The third-order valence-electron chi connectivity index (χ3n) is 2.64. The molecule has 104 valence electrons. The lowest BCUT2D eigenvalue weighted by molar-refractivity contribution is 0.501. The van der Waals surface area contributed by atoms with Crippen LogP contribution in [0.25, 0.3) is 0 Å². The zero-order valence-electron chi connectivity index (χ0n) is 11.2. The average molecular weight is 296 g/mol. The fourth-order valence-electron chi connectivity index (χ4n) is 1.66. The molecule has 0 spiro atoms. The second kappa shape index (κ2) is 6.82. The Hall–Kier alpha value is -2.45. The van der Waals surface area contributed by atoms with Crippen LogP contribution in [-0.2, 0) is 0 Å². The molecule has 0 bridgehead atoms. The largest absolute Gasteiger partial charge is 0.435 e. The quantitative estimate of drug-likeness (QED) is 0.675. The second-order valence-electron chi connectivity index (χ2n) is 4.14. The second-order valence-corrected chi connectivity index (χ2v) is 5.54. The van der Waals surface area contributed by atoms with Gasteiger partial charge in [-0.05, 0) is 36.4 Å². The van der Waals surface area contributed by atoms with E-state index in [0.717, 1.165) is 16.8 Å². The van der Waals surface area contributed by atoms with Gasteiger partial charge in [0.2, 0.25) is 0 Å². The van der Waals surface area contributed by atoms with Gasteiger partial charge in [0.15, 0.2) is 0 Å². The first kappa shape index (κ1) is 13.5. The molecule has 3 rings (SSSR count). The lowest BCUT2D eigenvalue weighted by Gasteiger charge is -2.18. The monoisotopic (exact) mass is 296 g/mol. The molecule has 0 fully saturated rings. The molecule has 1 aromatic carbocycles. The predicted molar refractivity (Wildman–Crippen MR) is 82.7 cm³/mol. The van der Waals surface area contributed by atoms with E-state index in [2.05, 4.69) is 9.97 Å². The number of rotatable bonds is 5. The molecule has 0 aliphatic carbocycles. The van der Waals surface area contributed by atoms with Crippen molar-refractivity contribution < 1.29 is 9.05 Å². The van der Waals surface area contributed by atoms with E-state index in [1.807, 2.05) is 54.6 Å². The predicted octanol–water partition coefficient (Wildman–Crippen LogP) is 3.57. The van der Waals surface area contributed by atoms with Crippen molar-refractivity contribution in [3.8, 4) is 11.5 Å². The summed E-state index contributed by atoms with van der Waals surface area (Å²) in [5, 5.41) is 1.00. The molecule has 0 aliphatic rings. The number of benzene rings is 1. The van der Waals surface area contributed by atoms with Crippen molar-refractivity contribution in [1.29, 1.82) is 0 Å². The number of pyridine rings is 2. The van der Waals surface area contributed by atoms with E-state index in [1.165, 1.54) is 0 Å². The molecule has 3 aromatic rings. The highest BCUT2D eigenvalue weighted by molar-refractivity contribution is 7.56. The minimum absolute atomic E-state index is 0.731. The number of hydrogen-bond donors (Lipinski definition) is 0. The van der Waals surface area contributed by atoms with Crippen LogP contribution in [0.4, 0.5) is 0 Å². The van der Waals surface area contributed by atoms with Gasteiger partial charge in [0.05, 0.1) is 5.30 Å². The standard InChI is InChI=1S/C16H13N2O2P/c1-2-4-16(5-3-1)21(19-14-6-10-17-11-7-14)20-15-8-12-18-13-9-15/h1-13H. The van der Waals surface area contributed by atoms with Crippen LogP contribution in [0.15, 0.2) is 79.4 Å². The Morgan fingerprint density at radius 1 is 0.619 bits per heavy atom. The molecule has 5 heteroatoms. The third-order valence-corrected chi connectivity index (χ3v) is 4.12. The molecular formula is C16H13N2O2P. The molecule has 2 heterocycles. The summed E-state index contributed by atoms with van der Waals surface area (Å²) in [6.07, 6.45) is 6.78. The van der Waals surface area contributed by atoms with Gasteiger partial charge in [-0.3, -0.25) is 9.97 Å². The summed E-state index contributed by atoms with van der Waals surface area (Å²) in [4.78, 5) is 7.98. The summed E-state index contributed by atoms with van der Waals surface area (Å²) >= 11 is 0. The Labute approximate surface area is 124 Å². The van der Waals surface area contributed by atoms with Crippen molar-refractivity contribution in [1.82, 2.24) is 9.97 Å². The summed E-state index contributed by atoms with van der Waals surface area (Å²) in [7, 11) is -1.26. The van der Waals surface area contributed by atoms with Gasteiger partial charge in [0.25, 0.3) is 0 Å². The molecule has 0 atom stereocenters. The smallest absolute Gasteiger partial charge is 0.326 e. The molecule has 0 radical (unpaired) electrons. The van der Waals surface area contributed by atoms with Crippen molar-refractivity contribution in [2.75, 3.05) is 0 Å². The van der Waals surface area contributed by atoms with E-state index in [-0.39, 0.29) is 0 Å². The first-order valence-corrected chi connectivity index (χ1v) is 7.61. The summed E-state index contributed by atoms with van der Waals surface area (Å²) in [5.41, 5.74) is 0. The Bertz CT molecular complexity index is 624. The normalized spacial score (nSPS) is 10.3. The fourth-order valence-corrected chi connectivity index (χ4v) is 2.95. The van der Waals surface area contributed by atoms with E-state index < -0.39 is 8.38 Å². The van der Waals surface area contributed by atoms with Crippen molar-refractivity contribution in [2.45, 2.75) is 0 Å². The highest BCUT2D eigenvalue weighted by atomic mass is 31.2. The van der Waals surface area contributed by atoms with Gasteiger partial charge in [0.1, 0.15) is 11.5 Å². The Kier molecular flexibility index (Phi) is 4.39. The molecule has 21 heavy (non-hydrogen) atoms. The molecule has 4 nitrogen and oxygen atoms in total. The van der Waals surface area contributed by atoms with E-state index in [9.17, 15) is 0 Å². The summed E-state index contributed by atoms with van der Waals surface area (Å²) in [5.74, 6) is 1.46. The van der Waals surface area contributed by atoms with Gasteiger partial charge in [-0.25, -0.2) is 0 Å². The lowest BCUT2D eigenvalue weighted by Crippen LogP contribution is -2.09. The Morgan fingerprint density at radius 2 is 1.10 bits per heavy atom. The zero-order chi connectivity index (χ0) is 14.3. The van der Waals surface area contributed by atoms with Crippen LogP contribution in [0.3, 0.4) is 0 Å². The summed E-state index contributed by atoms with van der Waals surface area (Å²) in [6.45, 7) is 0. The van der Waals surface area contributed by atoms with Crippen LogP contribution < -0.4 is 14.4 Å². The van der Waals surface area contributed by atoms with Crippen LogP contribution in [-0.4, -0.2) is 9.97 Å². The summed E-state index contributed by atoms with van der Waals surface area (Å²) < 4.78 is 12.0. The van der Waals surface area contributed by atoms with E-state index >= 15 is 0 Å². The van der Waals surface area contributed by atoms with Gasteiger partial charge >= 0.3 is 8.38 Å². The van der Waals surface area contributed by atoms with Crippen molar-refractivity contribution in [2.24, 2.45) is 0 Å². The Balaban J connectivity index is 1.84. The molecule has 0 aliphatic heterocycles. The maximum Gasteiger partial charge on any atom is 0.326 e. The topological polar surface area (TPSA) is 44.2 Å². The van der Waals surface area contributed by atoms with Crippen LogP contribution in [0.2, 0.25) is 0 Å². The molecule has 0 unspecified atom stereocenters. The highest BCUT2D eigenvalue weighted by Crippen LogP contribution is 2.39. The molecule has 0 amide bonds. The molecule has 0 N–H and O–H groups in total. The van der Waals surface area contributed by atoms with Gasteiger partial charge in [0, 0.05) is 24.8 Å². The SMILES string of the molecule is c1ccc(P(Oc2ccncc2)Oc2ccncc2)cc1. The maximum absolute atomic E-state index is 5.99. The minimum Gasteiger partial charge on any atom is -0.435 e. The molecule has 0 saturated carbocycles. The Morgan fingerprint density at radius 3 is 1.57 bits per heavy atom. The maximum atomic E-state index is 5.99. The molecule has 2 aromatic heterocycles. The number of nitrogens with zero attached hydrogens (tertiary/aromatic N) is 2. The van der Waals surface area contributed by atoms with E-state index in [4.69, 9.17) is 9.05 Å². The van der Waals surface area contributed by atoms with Gasteiger partial charge in [-0.15, -0.1) is 0 Å². The zero-order valence-corrected chi connectivity index (χ0v) is 12.1. The van der Waals surface area contributed by atoms with Gasteiger partial charge in [-0.2, -0.15) is 0 Å². The molecular weight excluding hydrogens is 283 g/mol. The first-order chi connectivity index (χ1) is 10.4. The highest BCUT2D eigenvalue weighted by Gasteiger charge is 2.17. The number of hydrogen-bond acceptors (Lipinski definition) is 4. The van der Waals surface area contributed by atoms with Crippen LogP contribution >= 0.6 is 8.38 Å². The lowest BCUT2D eigenvalue weighted by atomic mass is 10.4. The van der Waals surface area contributed by atoms with Gasteiger partial charge < -0.3 is 9.05 Å². The number of aromatic nitrogens is 2. The minimum atomic E-state index is -1.26.